The van der Waals surface area contributed by atoms with Crippen LogP contribution in [0.4, 0.5) is 0 Å². The number of fused-ring (bicyclic) bond motifs is 2. The molecule has 0 spiro atoms. The Morgan fingerprint density at radius 3 is 1.59 bits per heavy atom. The molecule has 0 fully saturated rings. The van der Waals surface area contributed by atoms with E-state index in [0.29, 0.717) is 24.4 Å². The van der Waals surface area contributed by atoms with E-state index in [1.807, 2.05) is 36.4 Å². The van der Waals surface area contributed by atoms with Crippen LogP contribution in [0, 0.1) is 0 Å². The predicted octanol–water partition coefficient (Wildman–Crippen LogP) is 10.5. The van der Waals surface area contributed by atoms with Gasteiger partial charge in [-0.15, -0.1) is 0 Å². The molecule has 2 aromatic heterocycles. The molecule has 0 saturated heterocycles. The average molecular weight is 731 g/mol. The van der Waals surface area contributed by atoms with Crippen LogP contribution in [0.5, 0.6) is 5.75 Å². The van der Waals surface area contributed by atoms with Crippen molar-refractivity contribution in [2.75, 3.05) is 7.11 Å². The van der Waals surface area contributed by atoms with Crippen LogP contribution in [0.1, 0.15) is 32.6 Å². The Morgan fingerprint density at radius 1 is 0.652 bits per heavy atom. The molecular formula is C40H30Br2N2O2. The molecule has 0 radical (unpaired) electrons. The summed E-state index contributed by atoms with van der Waals surface area (Å²) < 4.78 is 11.9. The van der Waals surface area contributed by atoms with Crippen molar-refractivity contribution in [3.63, 3.8) is 0 Å². The van der Waals surface area contributed by atoms with E-state index in [4.69, 9.17) is 4.74 Å². The Hall–Kier alpha value is -4.65. The minimum Gasteiger partial charge on any atom is -0.497 e. The summed E-state index contributed by atoms with van der Waals surface area (Å²) in [6.07, 6.45) is 6.18. The van der Waals surface area contributed by atoms with Crippen molar-refractivity contribution in [2.24, 2.45) is 0 Å². The lowest BCUT2D eigenvalue weighted by Crippen LogP contribution is -1.99. The van der Waals surface area contributed by atoms with Crippen LogP contribution < -0.4 is 4.74 Å². The van der Waals surface area contributed by atoms with E-state index in [1.54, 1.807) is 13.2 Å². The summed E-state index contributed by atoms with van der Waals surface area (Å²) in [4.78, 5) is 14.1. The quantitative estimate of drug-likeness (QED) is 0.110. The molecule has 7 rings (SSSR count). The van der Waals surface area contributed by atoms with E-state index in [9.17, 15) is 4.79 Å². The van der Waals surface area contributed by atoms with E-state index >= 15 is 0 Å². The zero-order chi connectivity index (χ0) is 31.6. The highest BCUT2D eigenvalue weighted by molar-refractivity contribution is 9.10. The average Bonchev–Trinajstić information content (AvgIpc) is 3.61. The number of allylic oxidation sites excluding steroid dienone is 1. The fourth-order valence-corrected chi connectivity index (χ4v) is 6.78. The first-order chi connectivity index (χ1) is 22.5. The molecular weight excluding hydrogens is 700 g/mol. The van der Waals surface area contributed by atoms with Gasteiger partial charge in [0.1, 0.15) is 5.75 Å². The third-order valence-corrected chi connectivity index (χ3v) is 9.29. The smallest absolute Gasteiger partial charge is 0.186 e. The molecule has 0 atom stereocenters. The number of methoxy groups -OCH3 is 1. The van der Waals surface area contributed by atoms with Gasteiger partial charge in [0.15, 0.2) is 5.78 Å². The maximum absolute atomic E-state index is 14.1. The van der Waals surface area contributed by atoms with Gasteiger partial charge in [0.2, 0.25) is 0 Å². The Labute approximate surface area is 284 Å². The minimum absolute atomic E-state index is 0.0736. The largest absolute Gasteiger partial charge is 0.497 e. The van der Waals surface area contributed by atoms with Crippen LogP contribution in [0.3, 0.4) is 0 Å². The molecule has 0 bridgehead atoms. The summed E-state index contributed by atoms with van der Waals surface area (Å²) in [6.45, 7) is 1.42. The molecule has 4 nitrogen and oxygen atoms in total. The Morgan fingerprint density at radius 2 is 1.13 bits per heavy atom. The summed E-state index contributed by atoms with van der Waals surface area (Å²) in [7, 11) is 1.63. The molecule has 0 unspecified atom stereocenters. The number of ketones is 1. The highest BCUT2D eigenvalue weighted by Gasteiger charge is 2.21. The number of hydrogen-bond acceptors (Lipinski definition) is 2. The van der Waals surface area contributed by atoms with Crippen molar-refractivity contribution in [3.05, 3.63) is 177 Å². The van der Waals surface area contributed by atoms with Crippen LogP contribution in [0.2, 0.25) is 0 Å². The second kappa shape index (κ2) is 13.0. The first-order valence-corrected chi connectivity index (χ1v) is 16.6. The number of carbonyl (C=O) groups is 1. The standard InChI is InChI=1S/C40H30Br2N2O2/c1-46-32-16-12-29(13-17-32)40(45)22-33(36-25-43(23-27-8-4-2-5-9-27)38-18-14-30(41)20-34(36)38)37-26-44(24-28-10-6-3-7-11-28)39-19-15-31(42)21-35(37)39/h2-22,25-26H,23-24H2,1H3. The Kier molecular flexibility index (Phi) is 8.48. The minimum atomic E-state index is -0.0736. The van der Waals surface area contributed by atoms with Crippen molar-refractivity contribution in [1.29, 1.82) is 0 Å². The molecule has 46 heavy (non-hydrogen) atoms. The number of benzene rings is 5. The second-order valence-corrected chi connectivity index (χ2v) is 13.1. The van der Waals surface area contributed by atoms with E-state index in [0.717, 1.165) is 47.5 Å². The van der Waals surface area contributed by atoms with Crippen molar-refractivity contribution in [1.82, 2.24) is 9.13 Å². The molecule has 0 aliphatic carbocycles. The first kappa shape index (κ1) is 30.0. The third-order valence-electron chi connectivity index (χ3n) is 8.31. The summed E-state index contributed by atoms with van der Waals surface area (Å²) in [6, 6.07) is 40.9. The molecule has 226 valence electrons. The molecule has 5 aromatic carbocycles. The molecule has 0 amide bonds. The van der Waals surface area contributed by atoms with Crippen LogP contribution in [-0.4, -0.2) is 22.0 Å². The van der Waals surface area contributed by atoms with Crippen molar-refractivity contribution in [2.45, 2.75) is 13.1 Å². The lowest BCUT2D eigenvalue weighted by molar-refractivity contribution is 0.104. The number of carbonyl (C=O) groups excluding carboxylic acids is 1. The van der Waals surface area contributed by atoms with Gasteiger partial charge in [-0.05, 0) is 83.4 Å². The van der Waals surface area contributed by atoms with Gasteiger partial charge in [0, 0.05) is 72.9 Å². The van der Waals surface area contributed by atoms with Crippen LogP contribution in [0.25, 0.3) is 27.4 Å². The van der Waals surface area contributed by atoms with Gasteiger partial charge in [0.25, 0.3) is 0 Å². The lowest BCUT2D eigenvalue weighted by atomic mass is 9.94. The molecule has 0 aliphatic rings. The van der Waals surface area contributed by atoms with E-state index in [-0.39, 0.29) is 5.78 Å². The first-order valence-electron chi connectivity index (χ1n) is 15.0. The summed E-state index contributed by atoms with van der Waals surface area (Å²) in [5.74, 6) is 0.638. The summed E-state index contributed by atoms with van der Waals surface area (Å²) in [5.41, 5.74) is 8.06. The molecule has 6 heteroatoms. The topological polar surface area (TPSA) is 36.2 Å². The Balaban J connectivity index is 1.46. The lowest BCUT2D eigenvalue weighted by Gasteiger charge is -2.08. The molecule has 0 aliphatic heterocycles. The zero-order valence-electron chi connectivity index (χ0n) is 25.2. The monoisotopic (exact) mass is 728 g/mol. The van der Waals surface area contributed by atoms with Gasteiger partial charge < -0.3 is 13.9 Å². The number of hydrogen-bond donors (Lipinski definition) is 0. The number of halogens is 2. The normalized spacial score (nSPS) is 11.2. The maximum atomic E-state index is 14.1. The predicted molar refractivity (Wildman–Crippen MR) is 195 cm³/mol. The molecule has 2 heterocycles. The fourth-order valence-electron chi connectivity index (χ4n) is 6.06. The van der Waals surface area contributed by atoms with Crippen LogP contribution >= 0.6 is 31.9 Å². The molecule has 0 N–H and O–H groups in total. The summed E-state index contributed by atoms with van der Waals surface area (Å²) in [5, 5.41) is 2.14. The zero-order valence-corrected chi connectivity index (χ0v) is 28.3. The number of aromatic nitrogens is 2. The highest BCUT2D eigenvalue weighted by atomic mass is 79.9. The van der Waals surface area contributed by atoms with Crippen LogP contribution in [-0.2, 0) is 13.1 Å². The van der Waals surface area contributed by atoms with Crippen molar-refractivity contribution < 1.29 is 9.53 Å². The van der Waals surface area contributed by atoms with Gasteiger partial charge >= 0.3 is 0 Å². The van der Waals surface area contributed by atoms with Gasteiger partial charge in [-0.25, -0.2) is 0 Å². The van der Waals surface area contributed by atoms with E-state index in [1.165, 1.54) is 11.1 Å². The number of nitrogens with zero attached hydrogens (tertiary/aromatic N) is 2. The van der Waals surface area contributed by atoms with Gasteiger partial charge in [-0.3, -0.25) is 4.79 Å². The second-order valence-electron chi connectivity index (χ2n) is 11.3. The number of rotatable bonds is 9. The van der Waals surface area contributed by atoms with Gasteiger partial charge in [0.05, 0.1) is 7.11 Å². The maximum Gasteiger partial charge on any atom is 0.186 e. The SMILES string of the molecule is COc1ccc(C(=O)C=C(c2cn(Cc3ccccc3)c3ccc(Br)cc23)c2cn(Cc3ccccc3)c3ccc(Br)cc23)cc1. The van der Waals surface area contributed by atoms with Crippen molar-refractivity contribution >= 4 is 65.0 Å². The van der Waals surface area contributed by atoms with E-state index < -0.39 is 0 Å². The van der Waals surface area contributed by atoms with Crippen molar-refractivity contribution in [3.8, 4) is 5.75 Å². The Bertz CT molecular complexity index is 2090. The third kappa shape index (κ3) is 6.11. The highest BCUT2D eigenvalue weighted by Crippen LogP contribution is 2.39. The van der Waals surface area contributed by atoms with Gasteiger partial charge in [-0.2, -0.15) is 0 Å². The van der Waals surface area contributed by atoms with Gasteiger partial charge in [-0.1, -0.05) is 92.5 Å². The van der Waals surface area contributed by atoms with Crippen LogP contribution in [0.15, 0.2) is 149 Å². The summed E-state index contributed by atoms with van der Waals surface area (Å²) >= 11 is 7.44. The van der Waals surface area contributed by atoms with E-state index in [2.05, 4.69) is 138 Å². The fraction of sp³-hybridized carbons (Fsp3) is 0.0750. The molecule has 0 saturated carbocycles. The molecule has 7 aromatic rings. The number of ether oxygens (including phenoxy) is 1.